The van der Waals surface area contributed by atoms with Gasteiger partial charge in [0, 0.05) is 39.5 Å². The van der Waals surface area contributed by atoms with Crippen LogP contribution in [0.3, 0.4) is 0 Å². The van der Waals surface area contributed by atoms with Crippen molar-refractivity contribution in [1.82, 2.24) is 5.32 Å². The summed E-state index contributed by atoms with van der Waals surface area (Å²) in [6.45, 7) is 3.67. The van der Waals surface area contributed by atoms with Gasteiger partial charge in [-0.15, -0.1) is 0 Å². The molecule has 0 bridgehead atoms. The van der Waals surface area contributed by atoms with Gasteiger partial charge < -0.3 is 19.5 Å². The number of nitrogens with zero attached hydrogens (tertiary/aromatic N) is 1. The average molecular weight is 336 g/mol. The van der Waals surface area contributed by atoms with Gasteiger partial charge in [-0.3, -0.25) is 0 Å². The van der Waals surface area contributed by atoms with Crippen molar-refractivity contribution in [3.8, 4) is 6.07 Å². The SMILES string of the molecule is COCCCNC1=C/C(=C(/C#N)C(=O)OCCC(C)OC)CCC1. The normalized spacial score (nSPS) is 17.5. The van der Waals surface area contributed by atoms with Crippen molar-refractivity contribution in [1.29, 1.82) is 5.26 Å². The molecule has 6 heteroatoms. The molecule has 1 N–H and O–H groups in total. The number of nitriles is 1. The first-order chi connectivity index (χ1) is 11.6. The van der Waals surface area contributed by atoms with Crippen LogP contribution in [0.1, 0.15) is 39.0 Å². The van der Waals surface area contributed by atoms with Crippen LogP contribution >= 0.6 is 0 Å². The van der Waals surface area contributed by atoms with Gasteiger partial charge in [0.1, 0.15) is 11.6 Å². The van der Waals surface area contributed by atoms with E-state index in [1.165, 1.54) is 0 Å². The third kappa shape index (κ3) is 7.16. The van der Waals surface area contributed by atoms with Gasteiger partial charge >= 0.3 is 5.97 Å². The summed E-state index contributed by atoms with van der Waals surface area (Å²) in [5.74, 6) is -0.548. The maximum absolute atomic E-state index is 12.1. The number of allylic oxidation sites excluding steroid dienone is 3. The number of hydrogen-bond donors (Lipinski definition) is 1. The second-order valence-corrected chi connectivity index (χ2v) is 5.78. The summed E-state index contributed by atoms with van der Waals surface area (Å²) < 4.78 is 15.3. The van der Waals surface area contributed by atoms with Crippen molar-refractivity contribution in [3.63, 3.8) is 0 Å². The quantitative estimate of drug-likeness (QED) is 0.286. The highest BCUT2D eigenvalue weighted by Crippen LogP contribution is 2.24. The topological polar surface area (TPSA) is 80.6 Å². The third-order valence-electron chi connectivity index (χ3n) is 3.91. The van der Waals surface area contributed by atoms with E-state index in [-0.39, 0.29) is 18.3 Å². The number of methoxy groups -OCH3 is 2. The fraction of sp³-hybridized carbons (Fsp3) is 0.667. The molecule has 0 amide bonds. The largest absolute Gasteiger partial charge is 0.461 e. The molecule has 134 valence electrons. The van der Waals surface area contributed by atoms with Crippen molar-refractivity contribution >= 4 is 5.97 Å². The lowest BCUT2D eigenvalue weighted by molar-refractivity contribution is -0.139. The Kier molecular flexibility index (Phi) is 9.81. The van der Waals surface area contributed by atoms with E-state index in [9.17, 15) is 10.1 Å². The van der Waals surface area contributed by atoms with Gasteiger partial charge in [0.05, 0.1) is 12.7 Å². The first-order valence-electron chi connectivity index (χ1n) is 8.39. The number of esters is 1. The molecule has 0 radical (unpaired) electrons. The van der Waals surface area contributed by atoms with Crippen LogP contribution in [0.2, 0.25) is 0 Å². The van der Waals surface area contributed by atoms with Gasteiger partial charge in [-0.25, -0.2) is 4.79 Å². The molecule has 1 rings (SSSR count). The molecule has 1 aliphatic rings. The smallest absolute Gasteiger partial charge is 0.349 e. The molecule has 0 saturated heterocycles. The van der Waals surface area contributed by atoms with E-state index in [0.717, 1.165) is 43.5 Å². The van der Waals surface area contributed by atoms with Crippen LogP contribution in [0.5, 0.6) is 0 Å². The predicted octanol–water partition coefficient (Wildman–Crippen LogP) is 2.47. The number of hydrogen-bond acceptors (Lipinski definition) is 6. The lowest BCUT2D eigenvalue weighted by Crippen LogP contribution is -2.19. The molecular formula is C18H28N2O4. The van der Waals surface area contributed by atoms with Crippen LogP contribution in [0.25, 0.3) is 0 Å². The second kappa shape index (κ2) is 11.7. The van der Waals surface area contributed by atoms with Crippen molar-refractivity contribution in [2.75, 3.05) is 34.0 Å². The molecule has 0 saturated carbocycles. The zero-order chi connectivity index (χ0) is 17.8. The molecule has 0 spiro atoms. The summed E-state index contributed by atoms with van der Waals surface area (Å²) in [5.41, 5.74) is 1.92. The van der Waals surface area contributed by atoms with E-state index in [1.807, 2.05) is 19.1 Å². The molecule has 1 unspecified atom stereocenters. The first kappa shape index (κ1) is 20.2. The molecular weight excluding hydrogens is 308 g/mol. The minimum Gasteiger partial charge on any atom is -0.461 e. The number of nitrogens with one attached hydrogen (secondary N) is 1. The van der Waals surface area contributed by atoms with E-state index >= 15 is 0 Å². The lowest BCUT2D eigenvalue weighted by Gasteiger charge is -2.18. The molecule has 0 heterocycles. The Morgan fingerprint density at radius 1 is 1.38 bits per heavy atom. The van der Waals surface area contributed by atoms with Crippen molar-refractivity contribution in [2.45, 2.75) is 45.1 Å². The fourth-order valence-corrected chi connectivity index (χ4v) is 2.38. The van der Waals surface area contributed by atoms with Crippen molar-refractivity contribution in [3.05, 3.63) is 22.9 Å². The number of carbonyl (C=O) groups is 1. The Morgan fingerprint density at radius 2 is 2.17 bits per heavy atom. The van der Waals surface area contributed by atoms with E-state index < -0.39 is 5.97 Å². The highest BCUT2D eigenvalue weighted by molar-refractivity contribution is 5.94. The number of rotatable bonds is 10. The molecule has 6 nitrogen and oxygen atoms in total. The van der Waals surface area contributed by atoms with Crippen LogP contribution in [0, 0.1) is 11.3 Å². The summed E-state index contributed by atoms with van der Waals surface area (Å²) in [6.07, 6.45) is 6.01. The number of carbonyl (C=O) groups excluding carboxylic acids is 1. The van der Waals surface area contributed by atoms with Gasteiger partial charge in [0.15, 0.2) is 0 Å². The fourth-order valence-electron chi connectivity index (χ4n) is 2.38. The number of ether oxygens (including phenoxy) is 3. The van der Waals surface area contributed by atoms with E-state index in [1.54, 1.807) is 14.2 Å². The first-order valence-corrected chi connectivity index (χ1v) is 8.39. The Bertz CT molecular complexity index is 506. The molecule has 0 aromatic heterocycles. The minimum absolute atomic E-state index is 0.0217. The minimum atomic E-state index is -0.548. The standard InChI is InChI=1S/C18H28N2O4/c1-14(23-3)8-11-24-18(21)17(13-19)15-6-4-7-16(12-15)20-9-5-10-22-2/h12,14,20H,4-11H2,1-3H3/b17-15-. The molecule has 0 aliphatic heterocycles. The highest BCUT2D eigenvalue weighted by Gasteiger charge is 2.19. The van der Waals surface area contributed by atoms with Gasteiger partial charge in [-0.1, -0.05) is 0 Å². The van der Waals surface area contributed by atoms with Gasteiger partial charge in [0.2, 0.25) is 0 Å². The zero-order valence-electron chi connectivity index (χ0n) is 14.9. The lowest BCUT2D eigenvalue weighted by atomic mass is 9.95. The van der Waals surface area contributed by atoms with E-state index in [2.05, 4.69) is 5.32 Å². The highest BCUT2D eigenvalue weighted by atomic mass is 16.5. The molecule has 0 fully saturated rings. The molecule has 0 aromatic carbocycles. The molecule has 1 atom stereocenters. The summed E-state index contributed by atoms with van der Waals surface area (Å²) >= 11 is 0. The van der Waals surface area contributed by atoms with Crippen LogP contribution in [0.4, 0.5) is 0 Å². The third-order valence-corrected chi connectivity index (χ3v) is 3.91. The Hall–Kier alpha value is -1.84. The van der Waals surface area contributed by atoms with Gasteiger partial charge in [-0.2, -0.15) is 5.26 Å². The average Bonchev–Trinajstić information content (AvgIpc) is 2.59. The second-order valence-electron chi connectivity index (χ2n) is 5.78. The molecule has 24 heavy (non-hydrogen) atoms. The van der Waals surface area contributed by atoms with Crippen LogP contribution in [-0.2, 0) is 19.0 Å². The summed E-state index contributed by atoms with van der Waals surface area (Å²) in [5, 5.41) is 12.7. The van der Waals surface area contributed by atoms with Gasteiger partial charge in [-0.05, 0) is 44.3 Å². The predicted molar refractivity (Wildman–Crippen MR) is 91.1 cm³/mol. The van der Waals surface area contributed by atoms with Gasteiger partial charge in [0.25, 0.3) is 0 Å². The molecule has 0 aromatic rings. The van der Waals surface area contributed by atoms with Crippen molar-refractivity contribution < 1.29 is 19.0 Å². The maximum atomic E-state index is 12.1. The summed E-state index contributed by atoms with van der Waals surface area (Å²) in [7, 11) is 3.29. The van der Waals surface area contributed by atoms with E-state index in [4.69, 9.17) is 14.2 Å². The van der Waals surface area contributed by atoms with Crippen LogP contribution < -0.4 is 5.32 Å². The van der Waals surface area contributed by atoms with E-state index in [0.29, 0.717) is 13.0 Å². The maximum Gasteiger partial charge on any atom is 0.349 e. The Balaban J connectivity index is 2.64. The zero-order valence-corrected chi connectivity index (χ0v) is 14.9. The van der Waals surface area contributed by atoms with Crippen LogP contribution in [-0.4, -0.2) is 46.1 Å². The monoisotopic (exact) mass is 336 g/mol. The Morgan fingerprint density at radius 3 is 2.83 bits per heavy atom. The summed E-state index contributed by atoms with van der Waals surface area (Å²) in [4.78, 5) is 12.1. The molecule has 1 aliphatic carbocycles. The summed E-state index contributed by atoms with van der Waals surface area (Å²) in [6, 6.07) is 2.00. The van der Waals surface area contributed by atoms with Crippen LogP contribution in [0.15, 0.2) is 22.9 Å². The Labute approximate surface area is 144 Å². The van der Waals surface area contributed by atoms with Crippen molar-refractivity contribution in [2.24, 2.45) is 0 Å².